The number of amides is 1. The molecule has 0 bridgehead atoms. The van der Waals surface area contributed by atoms with Crippen LogP contribution in [0.15, 0.2) is 48.7 Å². The highest BCUT2D eigenvalue weighted by Gasteiger charge is 2.35. The van der Waals surface area contributed by atoms with Crippen molar-refractivity contribution in [1.82, 2.24) is 9.88 Å². The average molecular weight is 454 g/mol. The number of para-hydroxylation sites is 1. The number of carbonyl (C=O) groups is 2. The van der Waals surface area contributed by atoms with Gasteiger partial charge in [0.2, 0.25) is 0 Å². The molecule has 1 N–H and O–H groups in total. The summed E-state index contributed by atoms with van der Waals surface area (Å²) in [5, 5.41) is 8.82. The largest absolute Gasteiger partial charge is 0.496 e. The number of aliphatic carboxylic acids is 1. The molecule has 1 atom stereocenters. The number of hydrogen-bond acceptors (Lipinski definition) is 6. The summed E-state index contributed by atoms with van der Waals surface area (Å²) in [6.07, 6.45) is 4.38. The summed E-state index contributed by atoms with van der Waals surface area (Å²) in [5.41, 5.74) is 1.08. The van der Waals surface area contributed by atoms with E-state index in [4.69, 9.17) is 14.6 Å². The molecule has 0 radical (unpaired) electrons. The van der Waals surface area contributed by atoms with Crippen molar-refractivity contribution in [2.45, 2.75) is 45.4 Å². The lowest BCUT2D eigenvalue weighted by Crippen LogP contribution is -2.45. The van der Waals surface area contributed by atoms with E-state index in [1.807, 2.05) is 45.0 Å². The van der Waals surface area contributed by atoms with Gasteiger partial charge in [0.25, 0.3) is 0 Å². The van der Waals surface area contributed by atoms with Crippen LogP contribution < -0.4 is 9.64 Å². The maximum Gasteiger partial charge on any atom is 0.416 e. The highest BCUT2D eigenvalue weighted by atomic mass is 16.6. The maximum atomic E-state index is 13.1. The van der Waals surface area contributed by atoms with Crippen molar-refractivity contribution in [2.24, 2.45) is 0 Å². The van der Waals surface area contributed by atoms with Crippen LogP contribution >= 0.6 is 0 Å². The van der Waals surface area contributed by atoms with Gasteiger partial charge in [-0.05, 0) is 57.0 Å². The highest BCUT2D eigenvalue weighted by Crippen LogP contribution is 2.27. The van der Waals surface area contributed by atoms with Gasteiger partial charge in [-0.1, -0.05) is 18.2 Å². The molecule has 2 aromatic rings. The lowest BCUT2D eigenvalue weighted by Gasteiger charge is -2.31. The normalized spacial score (nSPS) is 16.7. The zero-order valence-electron chi connectivity index (χ0n) is 19.5. The molecule has 8 nitrogen and oxygen atoms in total. The Hall–Kier alpha value is -3.39. The molecule has 1 aliphatic rings. The summed E-state index contributed by atoms with van der Waals surface area (Å²) in [6, 6.07) is 11.3. The molecular formula is C25H31N3O5. The second-order valence-corrected chi connectivity index (χ2v) is 8.96. The zero-order chi connectivity index (χ0) is 24.0. The van der Waals surface area contributed by atoms with Crippen LogP contribution in [0.4, 0.5) is 10.6 Å². The Labute approximate surface area is 194 Å². The van der Waals surface area contributed by atoms with E-state index >= 15 is 0 Å². The van der Waals surface area contributed by atoms with E-state index in [1.54, 1.807) is 30.3 Å². The van der Waals surface area contributed by atoms with Gasteiger partial charge >= 0.3 is 12.1 Å². The fourth-order valence-corrected chi connectivity index (χ4v) is 3.79. The molecule has 1 saturated heterocycles. The van der Waals surface area contributed by atoms with Crippen molar-refractivity contribution in [2.75, 3.05) is 25.1 Å². The molecule has 1 aromatic heterocycles. The van der Waals surface area contributed by atoms with Crippen molar-refractivity contribution < 1.29 is 24.2 Å². The number of carbonyl (C=O) groups excluding carboxylic acids is 1. The minimum absolute atomic E-state index is 0.109. The Balaban J connectivity index is 1.80. The Morgan fingerprint density at radius 3 is 2.64 bits per heavy atom. The number of carboxylic acids is 1. The van der Waals surface area contributed by atoms with Crippen molar-refractivity contribution in [3.05, 3.63) is 59.8 Å². The number of pyridine rings is 1. The number of rotatable bonds is 7. The number of hydrogen-bond donors (Lipinski definition) is 1. The van der Waals surface area contributed by atoms with E-state index in [2.05, 4.69) is 9.88 Å². The molecule has 0 unspecified atom stereocenters. The third kappa shape index (κ3) is 6.79. The highest BCUT2D eigenvalue weighted by molar-refractivity contribution is 5.88. The number of likely N-dealkylation sites (tertiary alicyclic amines) is 1. The van der Waals surface area contributed by atoms with E-state index in [1.165, 1.54) is 6.08 Å². The second-order valence-electron chi connectivity index (χ2n) is 8.96. The number of anilines is 1. The molecule has 33 heavy (non-hydrogen) atoms. The van der Waals surface area contributed by atoms with Crippen molar-refractivity contribution in [1.29, 1.82) is 0 Å². The summed E-state index contributed by atoms with van der Waals surface area (Å²) in [5.74, 6) is 0.285. The second kappa shape index (κ2) is 10.5. The SMILES string of the molecule is COc1ccccc1CN1CC[C@@H](N(C(=O)OC(C)(C)C)c2ccc(/C=C/C(=O)O)cn2)C1. The van der Waals surface area contributed by atoms with Gasteiger partial charge in [0, 0.05) is 37.5 Å². The number of nitrogens with zero attached hydrogens (tertiary/aromatic N) is 3. The first kappa shape index (κ1) is 24.3. The Kier molecular flexibility index (Phi) is 7.71. The number of aromatic nitrogens is 1. The predicted molar refractivity (Wildman–Crippen MR) is 126 cm³/mol. The topological polar surface area (TPSA) is 92.2 Å². The van der Waals surface area contributed by atoms with Gasteiger partial charge in [-0.15, -0.1) is 0 Å². The van der Waals surface area contributed by atoms with Gasteiger partial charge in [0.15, 0.2) is 0 Å². The maximum absolute atomic E-state index is 13.1. The van der Waals surface area contributed by atoms with Gasteiger partial charge in [0.05, 0.1) is 13.2 Å². The standard InChI is InChI=1S/C25H31N3O5/c1-25(2,3)33-24(31)28(22-11-9-18(15-26-22)10-12-23(29)30)20-13-14-27(17-20)16-19-7-5-6-8-21(19)32-4/h5-12,15,20H,13-14,16-17H2,1-4H3,(H,29,30)/b12-10+/t20-/m1/s1. The number of carboxylic acid groups (broad SMARTS) is 1. The van der Waals surface area contributed by atoms with Crippen molar-refractivity contribution in [3.63, 3.8) is 0 Å². The molecule has 176 valence electrons. The molecule has 1 amide bonds. The van der Waals surface area contributed by atoms with Gasteiger partial charge in [-0.3, -0.25) is 9.80 Å². The minimum Gasteiger partial charge on any atom is -0.496 e. The third-order valence-corrected chi connectivity index (χ3v) is 5.23. The summed E-state index contributed by atoms with van der Waals surface area (Å²) in [4.78, 5) is 32.2. The van der Waals surface area contributed by atoms with Gasteiger partial charge in [-0.25, -0.2) is 14.6 Å². The summed E-state index contributed by atoms with van der Waals surface area (Å²) < 4.78 is 11.2. The predicted octanol–water partition coefficient (Wildman–Crippen LogP) is 4.20. The Morgan fingerprint density at radius 2 is 2.00 bits per heavy atom. The fourth-order valence-electron chi connectivity index (χ4n) is 3.79. The van der Waals surface area contributed by atoms with Crippen molar-refractivity contribution in [3.8, 4) is 5.75 Å². The number of methoxy groups -OCH3 is 1. The first-order valence-corrected chi connectivity index (χ1v) is 10.9. The Morgan fingerprint density at radius 1 is 1.24 bits per heavy atom. The summed E-state index contributed by atoms with van der Waals surface area (Å²) >= 11 is 0. The first-order valence-electron chi connectivity index (χ1n) is 10.9. The number of ether oxygens (including phenoxy) is 2. The van der Waals surface area contributed by atoms with Crippen LogP contribution in [0.25, 0.3) is 6.08 Å². The van der Waals surface area contributed by atoms with E-state index in [0.29, 0.717) is 17.9 Å². The third-order valence-electron chi connectivity index (χ3n) is 5.23. The lowest BCUT2D eigenvalue weighted by molar-refractivity contribution is -0.131. The molecule has 2 heterocycles. The summed E-state index contributed by atoms with van der Waals surface area (Å²) in [6.45, 7) is 7.70. The Bertz CT molecular complexity index is 998. The van der Waals surface area contributed by atoms with Crippen LogP contribution in [0.2, 0.25) is 0 Å². The molecule has 1 aliphatic heterocycles. The molecule has 0 spiro atoms. The molecule has 1 aromatic carbocycles. The molecule has 0 aliphatic carbocycles. The van der Waals surface area contributed by atoms with Gasteiger partial charge in [0.1, 0.15) is 17.2 Å². The summed E-state index contributed by atoms with van der Waals surface area (Å²) in [7, 11) is 1.66. The van der Waals surface area contributed by atoms with Gasteiger partial charge in [-0.2, -0.15) is 0 Å². The molecule has 8 heteroatoms. The van der Waals surface area contributed by atoms with E-state index < -0.39 is 17.7 Å². The van der Waals surface area contributed by atoms with Crippen LogP contribution in [0.5, 0.6) is 5.75 Å². The van der Waals surface area contributed by atoms with Crippen LogP contribution in [0.1, 0.15) is 38.3 Å². The average Bonchev–Trinajstić information content (AvgIpc) is 3.20. The zero-order valence-corrected chi connectivity index (χ0v) is 19.5. The van der Waals surface area contributed by atoms with Crippen molar-refractivity contribution >= 4 is 24.0 Å². The molecule has 1 fully saturated rings. The monoisotopic (exact) mass is 453 g/mol. The fraction of sp³-hybridized carbons (Fsp3) is 0.400. The quantitative estimate of drug-likeness (QED) is 0.628. The van der Waals surface area contributed by atoms with Crippen LogP contribution in [-0.4, -0.2) is 58.9 Å². The van der Waals surface area contributed by atoms with Crippen LogP contribution in [0, 0.1) is 0 Å². The first-order chi connectivity index (χ1) is 15.7. The molecule has 0 saturated carbocycles. The number of benzene rings is 1. The molecule has 3 rings (SSSR count). The smallest absolute Gasteiger partial charge is 0.416 e. The van der Waals surface area contributed by atoms with Gasteiger partial charge < -0.3 is 14.6 Å². The lowest BCUT2D eigenvalue weighted by atomic mass is 10.2. The minimum atomic E-state index is -1.03. The van der Waals surface area contributed by atoms with Crippen LogP contribution in [-0.2, 0) is 16.1 Å². The van der Waals surface area contributed by atoms with E-state index in [-0.39, 0.29) is 6.04 Å². The molecular weight excluding hydrogens is 422 g/mol. The van der Waals surface area contributed by atoms with Crippen LogP contribution in [0.3, 0.4) is 0 Å². The van der Waals surface area contributed by atoms with E-state index in [9.17, 15) is 9.59 Å². The van der Waals surface area contributed by atoms with E-state index in [0.717, 1.165) is 36.9 Å².